The van der Waals surface area contributed by atoms with Gasteiger partial charge in [-0.25, -0.2) is 0 Å². The Hall–Kier alpha value is -0.350. The molecule has 0 fully saturated rings. The first kappa shape index (κ1) is 11.7. The van der Waals surface area contributed by atoms with Crippen LogP contribution in [-0.4, -0.2) is 17.3 Å². The molecule has 0 spiro atoms. The van der Waals surface area contributed by atoms with Crippen LogP contribution >= 0.6 is 27.3 Å². The van der Waals surface area contributed by atoms with E-state index < -0.39 is 0 Å². The number of nitrogens with one attached hydrogen (secondary N) is 1. The molecule has 4 heteroatoms. The quantitative estimate of drug-likeness (QED) is 0.842. The molecule has 0 aromatic carbocycles. The van der Waals surface area contributed by atoms with E-state index in [2.05, 4.69) is 28.2 Å². The molecule has 78 valence electrons. The number of rotatable bonds is 4. The maximum Gasteiger partial charge on any atom is 0.261 e. The van der Waals surface area contributed by atoms with Gasteiger partial charge in [0.2, 0.25) is 0 Å². The highest BCUT2D eigenvalue weighted by molar-refractivity contribution is 9.09. The summed E-state index contributed by atoms with van der Waals surface area (Å²) in [5, 5.41) is 2.89. The molecule has 1 rings (SSSR count). The van der Waals surface area contributed by atoms with Gasteiger partial charge in [0.05, 0.1) is 4.88 Å². The molecule has 0 saturated heterocycles. The second kappa shape index (κ2) is 5.51. The lowest BCUT2D eigenvalue weighted by molar-refractivity contribution is 0.0957. The molecule has 1 N–H and O–H groups in total. The molecule has 0 radical (unpaired) electrons. The van der Waals surface area contributed by atoms with Crippen LogP contribution in [0.4, 0.5) is 0 Å². The number of aryl methyl sites for hydroxylation is 1. The Morgan fingerprint density at radius 1 is 1.64 bits per heavy atom. The van der Waals surface area contributed by atoms with E-state index in [-0.39, 0.29) is 5.91 Å². The van der Waals surface area contributed by atoms with Crippen molar-refractivity contribution < 1.29 is 4.79 Å². The summed E-state index contributed by atoms with van der Waals surface area (Å²) in [6.45, 7) is 4.80. The van der Waals surface area contributed by atoms with E-state index >= 15 is 0 Å². The molecule has 0 aliphatic rings. The van der Waals surface area contributed by atoms with Crippen LogP contribution < -0.4 is 5.32 Å². The summed E-state index contributed by atoms with van der Waals surface area (Å²) in [4.78, 5) is 13.9. The lowest BCUT2D eigenvalue weighted by Gasteiger charge is -2.04. The normalized spacial score (nSPS) is 12.5. The van der Waals surface area contributed by atoms with E-state index in [0.717, 1.165) is 17.8 Å². The van der Waals surface area contributed by atoms with Crippen molar-refractivity contribution in [2.24, 2.45) is 0 Å². The number of hydrogen-bond acceptors (Lipinski definition) is 2. The van der Waals surface area contributed by atoms with Crippen LogP contribution in [0.15, 0.2) is 12.1 Å². The minimum Gasteiger partial charge on any atom is -0.351 e. The van der Waals surface area contributed by atoms with E-state index in [4.69, 9.17) is 0 Å². The van der Waals surface area contributed by atoms with Crippen LogP contribution in [-0.2, 0) is 0 Å². The van der Waals surface area contributed by atoms with Crippen LogP contribution in [0.2, 0.25) is 0 Å². The zero-order valence-electron chi connectivity index (χ0n) is 8.34. The predicted molar refractivity (Wildman–Crippen MR) is 64.4 cm³/mol. The molecular weight excluding hydrogens is 262 g/mol. The molecule has 2 nitrogen and oxygen atoms in total. The van der Waals surface area contributed by atoms with Gasteiger partial charge in [-0.15, -0.1) is 11.3 Å². The zero-order chi connectivity index (χ0) is 10.6. The molecular formula is C10H14BrNOS. The van der Waals surface area contributed by atoms with Crippen molar-refractivity contribution in [1.29, 1.82) is 0 Å². The van der Waals surface area contributed by atoms with Gasteiger partial charge in [-0.1, -0.05) is 22.9 Å². The Kier molecular flexibility index (Phi) is 4.62. The van der Waals surface area contributed by atoms with Crippen LogP contribution in [0, 0.1) is 6.92 Å². The fourth-order valence-electron chi connectivity index (χ4n) is 1.03. The largest absolute Gasteiger partial charge is 0.351 e. The SMILES string of the molecule is Cc1ccc(C(=O)NCCC(C)Br)s1. The second-order valence-electron chi connectivity index (χ2n) is 3.24. The lowest BCUT2D eigenvalue weighted by atomic mass is 10.3. The molecule has 0 aliphatic carbocycles. The van der Waals surface area contributed by atoms with Crippen LogP contribution in [0.25, 0.3) is 0 Å². The van der Waals surface area contributed by atoms with Gasteiger partial charge in [-0.2, -0.15) is 0 Å². The average molecular weight is 276 g/mol. The van der Waals surface area contributed by atoms with Gasteiger partial charge in [0.1, 0.15) is 0 Å². The smallest absolute Gasteiger partial charge is 0.261 e. The van der Waals surface area contributed by atoms with Crippen molar-refractivity contribution in [3.05, 3.63) is 21.9 Å². The third kappa shape index (κ3) is 3.80. The van der Waals surface area contributed by atoms with Crippen molar-refractivity contribution in [2.45, 2.75) is 25.1 Å². The molecule has 0 bridgehead atoms. The molecule has 1 aromatic heterocycles. The standard InChI is InChI=1S/C10H14BrNOS/c1-7(11)5-6-12-10(13)9-4-3-8(2)14-9/h3-4,7H,5-6H2,1-2H3,(H,12,13). The summed E-state index contributed by atoms with van der Waals surface area (Å²) in [7, 11) is 0. The average Bonchev–Trinajstić information content (AvgIpc) is 2.51. The molecule has 1 unspecified atom stereocenters. The maximum atomic E-state index is 11.5. The number of thiophene rings is 1. The Labute approximate surface area is 96.8 Å². The molecule has 1 heterocycles. The summed E-state index contributed by atoms with van der Waals surface area (Å²) in [6, 6.07) is 3.83. The summed E-state index contributed by atoms with van der Waals surface area (Å²) in [6.07, 6.45) is 0.954. The summed E-state index contributed by atoms with van der Waals surface area (Å²) >= 11 is 4.97. The minimum atomic E-state index is 0.0382. The van der Waals surface area contributed by atoms with Crippen molar-refractivity contribution in [3.8, 4) is 0 Å². The molecule has 0 saturated carbocycles. The topological polar surface area (TPSA) is 29.1 Å². The number of carbonyl (C=O) groups is 1. The van der Waals surface area contributed by atoms with Crippen LogP contribution in [0.1, 0.15) is 27.9 Å². The van der Waals surface area contributed by atoms with E-state index in [1.807, 2.05) is 19.1 Å². The van der Waals surface area contributed by atoms with Gasteiger partial charge in [0, 0.05) is 16.2 Å². The lowest BCUT2D eigenvalue weighted by Crippen LogP contribution is -2.24. The molecule has 0 aliphatic heterocycles. The van der Waals surface area contributed by atoms with Gasteiger partial charge < -0.3 is 5.32 Å². The summed E-state index contributed by atoms with van der Waals surface area (Å²) in [5.41, 5.74) is 0. The van der Waals surface area contributed by atoms with Gasteiger partial charge in [-0.05, 0) is 25.5 Å². The molecule has 1 atom stereocenters. The van der Waals surface area contributed by atoms with E-state index in [1.54, 1.807) is 0 Å². The molecule has 1 aromatic rings. The molecule has 1 amide bonds. The van der Waals surface area contributed by atoms with Crippen molar-refractivity contribution in [1.82, 2.24) is 5.32 Å². The van der Waals surface area contributed by atoms with Crippen molar-refractivity contribution >= 4 is 33.2 Å². The first-order chi connectivity index (χ1) is 6.59. The van der Waals surface area contributed by atoms with Crippen molar-refractivity contribution in [2.75, 3.05) is 6.54 Å². The Balaban J connectivity index is 2.36. The monoisotopic (exact) mass is 275 g/mol. The molecule has 14 heavy (non-hydrogen) atoms. The summed E-state index contributed by atoms with van der Waals surface area (Å²) in [5.74, 6) is 0.0382. The fourth-order valence-corrected chi connectivity index (χ4v) is 2.04. The number of amides is 1. The number of hydrogen-bond donors (Lipinski definition) is 1. The number of alkyl halides is 1. The second-order valence-corrected chi connectivity index (χ2v) is 6.09. The summed E-state index contributed by atoms with van der Waals surface area (Å²) < 4.78 is 0. The van der Waals surface area contributed by atoms with Gasteiger partial charge >= 0.3 is 0 Å². The van der Waals surface area contributed by atoms with Crippen LogP contribution in [0.3, 0.4) is 0 Å². The third-order valence-electron chi connectivity index (χ3n) is 1.79. The van der Waals surface area contributed by atoms with E-state index in [9.17, 15) is 4.79 Å². The first-order valence-electron chi connectivity index (χ1n) is 4.58. The minimum absolute atomic E-state index is 0.0382. The van der Waals surface area contributed by atoms with E-state index in [0.29, 0.717) is 4.83 Å². The van der Waals surface area contributed by atoms with Gasteiger partial charge in [0.15, 0.2) is 0 Å². The number of halogens is 1. The highest BCUT2D eigenvalue weighted by atomic mass is 79.9. The van der Waals surface area contributed by atoms with Crippen LogP contribution in [0.5, 0.6) is 0 Å². The predicted octanol–water partition coefficient (Wildman–Crippen LogP) is 2.96. The highest BCUT2D eigenvalue weighted by Gasteiger charge is 2.07. The third-order valence-corrected chi connectivity index (χ3v) is 3.25. The van der Waals surface area contributed by atoms with Gasteiger partial charge in [0.25, 0.3) is 5.91 Å². The van der Waals surface area contributed by atoms with Crippen molar-refractivity contribution in [3.63, 3.8) is 0 Å². The Bertz CT molecular complexity index is 309. The Morgan fingerprint density at radius 2 is 2.36 bits per heavy atom. The zero-order valence-corrected chi connectivity index (χ0v) is 10.7. The maximum absolute atomic E-state index is 11.5. The fraction of sp³-hybridized carbons (Fsp3) is 0.500. The van der Waals surface area contributed by atoms with Gasteiger partial charge in [-0.3, -0.25) is 4.79 Å². The number of carbonyl (C=O) groups excluding carboxylic acids is 1. The van der Waals surface area contributed by atoms with E-state index in [1.165, 1.54) is 16.2 Å². The Morgan fingerprint density at radius 3 is 2.86 bits per heavy atom. The highest BCUT2D eigenvalue weighted by Crippen LogP contribution is 2.14. The first-order valence-corrected chi connectivity index (χ1v) is 6.31.